The van der Waals surface area contributed by atoms with Crippen molar-refractivity contribution in [3.05, 3.63) is 47.5 Å². The summed E-state index contributed by atoms with van der Waals surface area (Å²) in [7, 11) is 1.95. The van der Waals surface area contributed by atoms with Gasteiger partial charge in [0.2, 0.25) is 0 Å². The number of alkyl halides is 1. The van der Waals surface area contributed by atoms with Crippen molar-refractivity contribution >= 4 is 22.6 Å². The van der Waals surface area contributed by atoms with Crippen LogP contribution < -0.4 is 0 Å². The molecular formula is C15H17ClN4. The third-order valence-electron chi connectivity index (χ3n) is 3.50. The average molecular weight is 289 g/mol. The number of nitrogens with zero attached hydrogens (tertiary/aromatic N) is 4. The number of hydrogen-bond donors (Lipinski definition) is 0. The van der Waals surface area contributed by atoms with Crippen LogP contribution in [-0.4, -0.2) is 25.2 Å². The van der Waals surface area contributed by atoms with Crippen molar-refractivity contribution < 1.29 is 0 Å². The van der Waals surface area contributed by atoms with Gasteiger partial charge >= 0.3 is 0 Å². The molecule has 0 aliphatic heterocycles. The molecule has 20 heavy (non-hydrogen) atoms. The summed E-state index contributed by atoms with van der Waals surface area (Å²) in [6.07, 6.45) is 2.84. The van der Waals surface area contributed by atoms with Crippen LogP contribution in [0.1, 0.15) is 17.1 Å². The SMILES string of the molecule is Cc1nn(C)cc1Cn1c(CCCl)nc2ccccc21. The van der Waals surface area contributed by atoms with E-state index in [1.54, 1.807) is 0 Å². The van der Waals surface area contributed by atoms with Crippen LogP contribution in [0.4, 0.5) is 0 Å². The van der Waals surface area contributed by atoms with Gasteiger partial charge < -0.3 is 4.57 Å². The number of benzene rings is 1. The van der Waals surface area contributed by atoms with E-state index in [0.717, 1.165) is 35.5 Å². The van der Waals surface area contributed by atoms with Crippen molar-refractivity contribution in [3.8, 4) is 0 Å². The van der Waals surface area contributed by atoms with Crippen LogP contribution in [0.3, 0.4) is 0 Å². The first-order valence-electron chi connectivity index (χ1n) is 6.68. The van der Waals surface area contributed by atoms with Crippen molar-refractivity contribution in [3.63, 3.8) is 0 Å². The zero-order chi connectivity index (χ0) is 14.1. The molecule has 0 bridgehead atoms. The first kappa shape index (κ1) is 13.2. The van der Waals surface area contributed by atoms with Crippen molar-refractivity contribution in [1.82, 2.24) is 19.3 Å². The van der Waals surface area contributed by atoms with Crippen LogP contribution in [0.25, 0.3) is 11.0 Å². The minimum Gasteiger partial charge on any atom is -0.323 e. The number of fused-ring (bicyclic) bond motifs is 1. The van der Waals surface area contributed by atoms with Gasteiger partial charge in [0.05, 0.1) is 23.3 Å². The van der Waals surface area contributed by atoms with Crippen molar-refractivity contribution in [2.24, 2.45) is 7.05 Å². The first-order chi connectivity index (χ1) is 9.69. The standard InChI is InChI=1S/C15H17ClN4/c1-11-12(9-19(2)18-11)10-20-14-6-4-3-5-13(14)17-15(20)7-8-16/h3-6,9H,7-8,10H2,1-2H3. The minimum absolute atomic E-state index is 0.579. The second kappa shape index (κ2) is 5.29. The van der Waals surface area contributed by atoms with Gasteiger partial charge in [-0.3, -0.25) is 4.68 Å². The Kier molecular flexibility index (Phi) is 3.49. The predicted octanol–water partition coefficient (Wildman–Crippen LogP) is 2.91. The Morgan fingerprint density at radius 3 is 2.75 bits per heavy atom. The number of halogens is 1. The molecule has 0 saturated carbocycles. The summed E-state index contributed by atoms with van der Waals surface area (Å²) in [5.74, 6) is 1.61. The fraction of sp³-hybridized carbons (Fsp3) is 0.333. The van der Waals surface area contributed by atoms with Crippen LogP contribution in [0.5, 0.6) is 0 Å². The van der Waals surface area contributed by atoms with E-state index in [1.807, 2.05) is 36.9 Å². The number of aromatic nitrogens is 4. The lowest BCUT2D eigenvalue weighted by Crippen LogP contribution is -2.06. The van der Waals surface area contributed by atoms with E-state index in [2.05, 4.69) is 26.9 Å². The molecule has 1 aromatic carbocycles. The summed E-state index contributed by atoms with van der Waals surface area (Å²) in [4.78, 5) is 4.69. The van der Waals surface area contributed by atoms with Crippen LogP contribution in [0.15, 0.2) is 30.5 Å². The Bertz CT molecular complexity index is 741. The van der Waals surface area contributed by atoms with Crippen molar-refractivity contribution in [2.75, 3.05) is 5.88 Å². The van der Waals surface area contributed by atoms with Crippen LogP contribution >= 0.6 is 11.6 Å². The molecule has 0 saturated heterocycles. The molecule has 0 unspecified atom stereocenters. The molecule has 4 nitrogen and oxygen atoms in total. The van der Waals surface area contributed by atoms with E-state index in [1.165, 1.54) is 5.56 Å². The van der Waals surface area contributed by atoms with Crippen LogP contribution in [0, 0.1) is 6.92 Å². The third-order valence-corrected chi connectivity index (χ3v) is 3.68. The second-order valence-electron chi connectivity index (χ2n) is 4.96. The van der Waals surface area contributed by atoms with Crippen LogP contribution in [-0.2, 0) is 20.0 Å². The molecule has 0 fully saturated rings. The molecule has 5 heteroatoms. The van der Waals surface area contributed by atoms with Gasteiger partial charge in [-0.2, -0.15) is 5.10 Å². The largest absolute Gasteiger partial charge is 0.323 e. The highest BCUT2D eigenvalue weighted by atomic mass is 35.5. The summed E-state index contributed by atoms with van der Waals surface area (Å²) in [6.45, 7) is 2.82. The monoisotopic (exact) mass is 288 g/mol. The van der Waals surface area contributed by atoms with Gasteiger partial charge in [-0.25, -0.2) is 4.98 Å². The van der Waals surface area contributed by atoms with Gasteiger partial charge in [-0.1, -0.05) is 12.1 Å². The normalized spacial score (nSPS) is 11.3. The fourth-order valence-corrected chi connectivity index (χ4v) is 2.72. The lowest BCUT2D eigenvalue weighted by molar-refractivity contribution is 0.747. The zero-order valence-electron chi connectivity index (χ0n) is 11.7. The topological polar surface area (TPSA) is 35.6 Å². The highest BCUT2D eigenvalue weighted by Gasteiger charge is 2.12. The Hall–Kier alpha value is -1.81. The molecule has 0 atom stereocenters. The quantitative estimate of drug-likeness (QED) is 0.692. The maximum absolute atomic E-state index is 5.90. The zero-order valence-corrected chi connectivity index (χ0v) is 12.4. The second-order valence-corrected chi connectivity index (χ2v) is 5.33. The molecule has 0 N–H and O–H groups in total. The lowest BCUT2D eigenvalue weighted by atomic mass is 10.2. The van der Waals surface area contributed by atoms with Crippen molar-refractivity contribution in [1.29, 1.82) is 0 Å². The van der Waals surface area contributed by atoms with Gasteiger partial charge in [0.25, 0.3) is 0 Å². The Labute approximate surface area is 123 Å². The maximum Gasteiger partial charge on any atom is 0.111 e. The molecule has 0 amide bonds. The highest BCUT2D eigenvalue weighted by molar-refractivity contribution is 6.17. The number of para-hydroxylation sites is 2. The van der Waals surface area contributed by atoms with Crippen molar-refractivity contribution in [2.45, 2.75) is 19.9 Å². The summed E-state index contributed by atoms with van der Waals surface area (Å²) in [5.41, 5.74) is 4.44. The molecule has 2 heterocycles. The fourth-order valence-electron chi connectivity index (χ4n) is 2.55. The van der Waals surface area contributed by atoms with Gasteiger partial charge in [0, 0.05) is 31.1 Å². The molecule has 0 aliphatic rings. The summed E-state index contributed by atoms with van der Waals surface area (Å²) in [5, 5.41) is 4.40. The average Bonchev–Trinajstić information content (AvgIpc) is 2.92. The van der Waals surface area contributed by atoms with E-state index >= 15 is 0 Å². The first-order valence-corrected chi connectivity index (χ1v) is 7.21. The third kappa shape index (κ3) is 2.31. The van der Waals surface area contributed by atoms with Gasteiger partial charge in [0.1, 0.15) is 5.82 Å². The summed E-state index contributed by atoms with van der Waals surface area (Å²) >= 11 is 5.90. The molecule has 3 aromatic rings. The minimum atomic E-state index is 0.579. The molecular weight excluding hydrogens is 272 g/mol. The lowest BCUT2D eigenvalue weighted by Gasteiger charge is -2.07. The predicted molar refractivity (Wildman–Crippen MR) is 81.2 cm³/mol. The molecule has 104 valence electrons. The Morgan fingerprint density at radius 1 is 1.25 bits per heavy atom. The van der Waals surface area contributed by atoms with Gasteiger partial charge in [-0.15, -0.1) is 11.6 Å². The molecule has 0 radical (unpaired) electrons. The molecule has 0 aliphatic carbocycles. The van der Waals surface area contributed by atoms with Gasteiger partial charge in [0.15, 0.2) is 0 Å². The van der Waals surface area contributed by atoms with E-state index in [-0.39, 0.29) is 0 Å². The Morgan fingerprint density at radius 2 is 2.05 bits per heavy atom. The smallest absolute Gasteiger partial charge is 0.111 e. The van der Waals surface area contributed by atoms with E-state index < -0.39 is 0 Å². The van der Waals surface area contributed by atoms with E-state index in [4.69, 9.17) is 11.6 Å². The molecule has 0 spiro atoms. The summed E-state index contributed by atoms with van der Waals surface area (Å²) < 4.78 is 4.09. The maximum atomic E-state index is 5.90. The van der Waals surface area contributed by atoms with E-state index in [0.29, 0.717) is 5.88 Å². The van der Waals surface area contributed by atoms with Crippen LogP contribution in [0.2, 0.25) is 0 Å². The summed E-state index contributed by atoms with van der Waals surface area (Å²) in [6, 6.07) is 8.20. The van der Waals surface area contributed by atoms with Gasteiger partial charge in [-0.05, 0) is 19.1 Å². The highest BCUT2D eigenvalue weighted by Crippen LogP contribution is 2.19. The number of rotatable bonds is 4. The van der Waals surface area contributed by atoms with E-state index in [9.17, 15) is 0 Å². The number of aryl methyl sites for hydroxylation is 3. The number of imidazole rings is 1. The molecule has 3 rings (SSSR count). The number of hydrogen-bond acceptors (Lipinski definition) is 2. The Balaban J connectivity index is 2.08. The molecule has 2 aromatic heterocycles.